The fraction of sp³-hybridized carbons (Fsp3) is 0.500. The van der Waals surface area contributed by atoms with Crippen LogP contribution in [0.4, 0.5) is 0 Å². The Kier molecular flexibility index (Phi) is 4.76. The predicted octanol–water partition coefficient (Wildman–Crippen LogP) is 1.27. The third-order valence-electron chi connectivity index (χ3n) is 1.95. The van der Waals surface area contributed by atoms with Gasteiger partial charge in [0, 0.05) is 18.2 Å². The molecular weight excluding hydrogens is 246 g/mol. The topological polar surface area (TPSA) is 67.3 Å². The molecule has 0 fully saturated rings. The van der Waals surface area contributed by atoms with Gasteiger partial charge < -0.3 is 5.11 Å². The summed E-state index contributed by atoms with van der Waals surface area (Å²) in [4.78, 5) is 4.10. The van der Waals surface area contributed by atoms with Gasteiger partial charge >= 0.3 is 0 Å². The van der Waals surface area contributed by atoms with Gasteiger partial charge in [0.25, 0.3) is 0 Å². The maximum atomic E-state index is 10.9. The first-order valence-corrected chi connectivity index (χ1v) is 7.87. The molecule has 1 N–H and O–H groups in total. The first-order chi connectivity index (χ1) is 7.38. The van der Waals surface area contributed by atoms with Gasteiger partial charge in [-0.25, -0.2) is 13.4 Å². The van der Waals surface area contributed by atoms with Crippen LogP contribution in [0.3, 0.4) is 0 Å². The lowest BCUT2D eigenvalue weighted by Gasteiger charge is -2.06. The van der Waals surface area contributed by atoms with E-state index in [-0.39, 0.29) is 5.75 Å². The molecule has 1 heterocycles. The number of sulfone groups is 1. The number of pyridine rings is 1. The van der Waals surface area contributed by atoms with Crippen LogP contribution in [0.25, 0.3) is 0 Å². The van der Waals surface area contributed by atoms with Gasteiger partial charge in [0.15, 0.2) is 0 Å². The lowest BCUT2D eigenvalue weighted by Crippen LogP contribution is -2.05. The summed E-state index contributed by atoms with van der Waals surface area (Å²) in [5.74, 6) is 0.618. The van der Waals surface area contributed by atoms with Gasteiger partial charge in [0.05, 0.1) is 16.9 Å². The summed E-state index contributed by atoms with van der Waals surface area (Å²) in [6, 6.07) is 3.52. The number of rotatable bonds is 5. The fourth-order valence-corrected chi connectivity index (χ4v) is 3.17. The molecule has 1 unspecified atom stereocenters. The quantitative estimate of drug-likeness (QED) is 0.809. The summed E-state index contributed by atoms with van der Waals surface area (Å²) >= 11 is 1.38. The average molecular weight is 261 g/mol. The largest absolute Gasteiger partial charge is 0.389 e. The number of hydrogen-bond acceptors (Lipinski definition) is 5. The molecule has 1 atom stereocenters. The smallest absolute Gasteiger partial charge is 0.148 e. The van der Waals surface area contributed by atoms with E-state index in [9.17, 15) is 13.5 Å². The Morgan fingerprint density at radius 3 is 2.81 bits per heavy atom. The third kappa shape index (κ3) is 4.96. The van der Waals surface area contributed by atoms with Crippen LogP contribution in [-0.2, 0) is 9.84 Å². The van der Waals surface area contributed by atoms with Gasteiger partial charge in [-0.3, -0.25) is 0 Å². The molecule has 4 nitrogen and oxygen atoms in total. The molecule has 1 aromatic rings. The molecule has 0 spiro atoms. The number of aromatic nitrogens is 1. The molecule has 1 rings (SSSR count). The normalized spacial score (nSPS) is 13.7. The Hall–Kier alpha value is -0.590. The van der Waals surface area contributed by atoms with Crippen LogP contribution >= 0.6 is 11.8 Å². The summed E-state index contributed by atoms with van der Waals surface area (Å²) in [5.41, 5.74) is 0.789. The Morgan fingerprint density at radius 2 is 2.25 bits per heavy atom. The molecule has 0 amide bonds. The van der Waals surface area contributed by atoms with Crippen LogP contribution in [-0.4, -0.2) is 36.3 Å². The second-order valence-corrected chi connectivity index (χ2v) is 6.96. The van der Waals surface area contributed by atoms with Gasteiger partial charge in [0.1, 0.15) is 9.84 Å². The molecule has 6 heteroatoms. The number of hydrogen-bond donors (Lipinski definition) is 1. The molecule has 0 aliphatic heterocycles. The summed E-state index contributed by atoms with van der Waals surface area (Å²) in [6.45, 7) is 1.68. The molecule has 0 aliphatic rings. The zero-order valence-electron chi connectivity index (χ0n) is 9.25. The highest BCUT2D eigenvalue weighted by molar-refractivity contribution is 8.00. The Morgan fingerprint density at radius 1 is 1.56 bits per heavy atom. The van der Waals surface area contributed by atoms with Crippen molar-refractivity contribution in [1.82, 2.24) is 4.98 Å². The average Bonchev–Trinajstić information content (AvgIpc) is 2.16. The van der Waals surface area contributed by atoms with E-state index < -0.39 is 15.9 Å². The van der Waals surface area contributed by atoms with E-state index in [1.807, 2.05) is 0 Å². The van der Waals surface area contributed by atoms with Gasteiger partial charge in [-0.05, 0) is 24.6 Å². The minimum Gasteiger partial charge on any atom is -0.389 e. The van der Waals surface area contributed by atoms with Gasteiger partial charge in [-0.2, -0.15) is 0 Å². The van der Waals surface area contributed by atoms with E-state index in [0.29, 0.717) is 5.75 Å². The van der Waals surface area contributed by atoms with Crippen molar-refractivity contribution in [2.24, 2.45) is 0 Å². The molecule has 0 aliphatic carbocycles. The molecule has 0 bridgehead atoms. The zero-order valence-corrected chi connectivity index (χ0v) is 10.9. The monoisotopic (exact) mass is 261 g/mol. The van der Waals surface area contributed by atoms with Crippen molar-refractivity contribution in [2.75, 3.05) is 17.8 Å². The van der Waals surface area contributed by atoms with Crippen LogP contribution in [0.1, 0.15) is 18.6 Å². The minimum absolute atomic E-state index is 0.137. The van der Waals surface area contributed by atoms with Gasteiger partial charge in [-0.15, -0.1) is 11.8 Å². The lowest BCUT2D eigenvalue weighted by molar-refractivity contribution is 0.199. The molecule has 1 aromatic heterocycles. The van der Waals surface area contributed by atoms with Crippen LogP contribution in [0.2, 0.25) is 0 Å². The van der Waals surface area contributed by atoms with Crippen molar-refractivity contribution in [1.29, 1.82) is 0 Å². The van der Waals surface area contributed by atoms with E-state index >= 15 is 0 Å². The second-order valence-electron chi connectivity index (χ2n) is 3.58. The molecule has 90 valence electrons. The van der Waals surface area contributed by atoms with E-state index in [2.05, 4.69) is 4.98 Å². The molecular formula is C10H15NO3S2. The minimum atomic E-state index is -2.92. The molecule has 0 aromatic carbocycles. The SMILES string of the molecule is CC(O)c1ccnc(SCCS(C)(=O)=O)c1. The number of nitrogens with zero attached hydrogens (tertiary/aromatic N) is 1. The van der Waals surface area contributed by atoms with E-state index in [1.54, 1.807) is 25.3 Å². The van der Waals surface area contributed by atoms with Gasteiger partial charge in [-0.1, -0.05) is 0 Å². The number of thioether (sulfide) groups is 1. The summed E-state index contributed by atoms with van der Waals surface area (Å²) in [7, 11) is -2.92. The van der Waals surface area contributed by atoms with Crippen molar-refractivity contribution in [3.05, 3.63) is 23.9 Å². The van der Waals surface area contributed by atoms with E-state index in [1.165, 1.54) is 18.0 Å². The highest BCUT2D eigenvalue weighted by atomic mass is 32.2. The summed E-state index contributed by atoms with van der Waals surface area (Å²) < 4.78 is 21.8. The lowest BCUT2D eigenvalue weighted by atomic mass is 10.2. The molecule has 0 saturated carbocycles. The zero-order chi connectivity index (χ0) is 12.2. The van der Waals surface area contributed by atoms with Gasteiger partial charge in [0.2, 0.25) is 0 Å². The third-order valence-corrected chi connectivity index (χ3v) is 4.08. The Labute approximate surface area is 100 Å². The molecule has 0 saturated heterocycles. The Bertz CT molecular complexity index is 443. The van der Waals surface area contributed by atoms with Crippen molar-refractivity contribution < 1.29 is 13.5 Å². The van der Waals surface area contributed by atoms with E-state index in [0.717, 1.165) is 10.6 Å². The summed E-state index contributed by atoms with van der Waals surface area (Å²) in [6.07, 6.45) is 2.30. The maximum Gasteiger partial charge on any atom is 0.148 e. The first-order valence-electron chi connectivity index (χ1n) is 4.83. The maximum absolute atomic E-state index is 10.9. The van der Waals surface area contributed by atoms with E-state index in [4.69, 9.17) is 0 Å². The highest BCUT2D eigenvalue weighted by Crippen LogP contribution is 2.19. The fourth-order valence-electron chi connectivity index (χ4n) is 1.06. The van der Waals surface area contributed by atoms with Crippen molar-refractivity contribution >= 4 is 21.6 Å². The summed E-state index contributed by atoms with van der Waals surface area (Å²) in [5, 5.41) is 10.1. The van der Waals surface area contributed by atoms with Crippen molar-refractivity contribution in [3.8, 4) is 0 Å². The number of aliphatic hydroxyl groups excluding tert-OH is 1. The number of aliphatic hydroxyl groups is 1. The van der Waals surface area contributed by atoms with Crippen molar-refractivity contribution in [3.63, 3.8) is 0 Å². The van der Waals surface area contributed by atoms with Crippen molar-refractivity contribution in [2.45, 2.75) is 18.1 Å². The van der Waals surface area contributed by atoms with Crippen LogP contribution < -0.4 is 0 Å². The Balaban J connectivity index is 2.58. The first kappa shape index (κ1) is 13.5. The second kappa shape index (κ2) is 5.65. The molecule has 0 radical (unpaired) electrons. The standard InChI is InChI=1S/C10H15NO3S2/c1-8(12)9-3-4-11-10(7-9)15-5-6-16(2,13)14/h3-4,7-8,12H,5-6H2,1-2H3. The highest BCUT2D eigenvalue weighted by Gasteiger charge is 2.05. The van der Waals surface area contributed by atoms with Crippen LogP contribution in [0, 0.1) is 0 Å². The van der Waals surface area contributed by atoms with Crippen LogP contribution in [0.15, 0.2) is 23.4 Å². The predicted molar refractivity (Wildman–Crippen MR) is 65.3 cm³/mol. The van der Waals surface area contributed by atoms with Crippen LogP contribution in [0.5, 0.6) is 0 Å². The molecule has 16 heavy (non-hydrogen) atoms.